The molecule has 1 unspecified atom stereocenters. The molecule has 14 heteroatoms. The molecule has 13 nitrogen and oxygen atoms in total. The Bertz CT molecular complexity index is 2510. The van der Waals surface area contributed by atoms with Crippen LogP contribution in [0.5, 0.6) is 23.0 Å². The zero-order valence-electron chi connectivity index (χ0n) is 34.3. The molecule has 0 saturated carbocycles. The Morgan fingerprint density at radius 3 is 2.35 bits per heavy atom. The fraction of sp³-hybridized carbons (Fsp3) is 0.326. The van der Waals surface area contributed by atoms with Crippen molar-refractivity contribution in [3.63, 3.8) is 0 Å². The van der Waals surface area contributed by atoms with Crippen molar-refractivity contribution in [2.45, 2.75) is 71.9 Å². The highest BCUT2D eigenvalue weighted by Crippen LogP contribution is 2.42. The normalized spacial score (nSPS) is 13.9. The molecule has 0 saturated heterocycles. The van der Waals surface area contributed by atoms with Crippen LogP contribution in [-0.2, 0) is 57.4 Å². The van der Waals surface area contributed by atoms with E-state index < -0.39 is 16.2 Å². The van der Waals surface area contributed by atoms with E-state index in [0.29, 0.717) is 60.3 Å². The van der Waals surface area contributed by atoms with E-state index in [-0.39, 0.29) is 37.8 Å². The van der Waals surface area contributed by atoms with Crippen LogP contribution in [0.3, 0.4) is 0 Å². The van der Waals surface area contributed by atoms with E-state index in [1.807, 2.05) is 84.4 Å². The Hall–Kier alpha value is -5.96. The molecule has 0 spiro atoms. The molecule has 0 aliphatic carbocycles. The van der Waals surface area contributed by atoms with Gasteiger partial charge in [-0.25, -0.2) is 4.68 Å². The van der Waals surface area contributed by atoms with Crippen molar-refractivity contribution < 1.29 is 41.1 Å². The molecule has 60 heavy (non-hydrogen) atoms. The minimum atomic E-state index is -4.21. The molecule has 1 aromatic heterocycles. The monoisotopic (exact) mass is 834 g/mol. The maximum absolute atomic E-state index is 13.6. The molecule has 0 radical (unpaired) electrons. The maximum atomic E-state index is 13.6. The highest BCUT2D eigenvalue weighted by molar-refractivity contribution is 7.84. The number of methoxy groups -OCH3 is 2. The Labute approximate surface area is 351 Å². The van der Waals surface area contributed by atoms with Gasteiger partial charge in [0.05, 0.1) is 39.4 Å². The van der Waals surface area contributed by atoms with Crippen LogP contribution < -0.4 is 18.4 Å². The van der Waals surface area contributed by atoms with Gasteiger partial charge in [0.1, 0.15) is 23.6 Å². The van der Waals surface area contributed by atoms with Crippen molar-refractivity contribution in [3.8, 4) is 23.0 Å². The van der Waals surface area contributed by atoms with E-state index in [1.165, 1.54) is 18.5 Å². The third-order valence-corrected chi connectivity index (χ3v) is 11.8. The minimum Gasteiger partial charge on any atom is -0.493 e. The summed E-state index contributed by atoms with van der Waals surface area (Å²) in [6.07, 6.45) is 1.74. The summed E-state index contributed by atoms with van der Waals surface area (Å²) in [5, 5.41) is 9.06. The number of aryl methyl sites for hydroxylation is 2. The average molecular weight is 835 g/mol. The predicted octanol–water partition coefficient (Wildman–Crippen LogP) is 8.06. The first kappa shape index (κ1) is 42.2. The third-order valence-electron chi connectivity index (χ3n) is 10.5. The molecule has 5 aromatic carbocycles. The van der Waals surface area contributed by atoms with Crippen LogP contribution in [0.25, 0.3) is 11.0 Å². The SMILES string of the molecule is CCOC(=O)CC(c1cc(CN2Cc3cc(OCc4ccccc4)ccc3OS2(=O)=O)c(OC)c(OC)c1)c1ccc2c(nnn2CCCCOCc2ccccc2)c1C. The Morgan fingerprint density at radius 2 is 1.63 bits per heavy atom. The second-order valence-corrected chi connectivity index (χ2v) is 16.1. The number of carbonyl (C=O) groups excluding carboxylic acids is 1. The van der Waals surface area contributed by atoms with Crippen LogP contribution in [-0.4, -0.2) is 61.1 Å². The summed E-state index contributed by atoms with van der Waals surface area (Å²) in [5.41, 5.74) is 7.34. The number of esters is 1. The Morgan fingerprint density at radius 1 is 0.883 bits per heavy atom. The number of fused-ring (bicyclic) bond motifs is 2. The first-order valence-corrected chi connectivity index (χ1v) is 21.4. The summed E-state index contributed by atoms with van der Waals surface area (Å²) in [7, 11) is -1.19. The van der Waals surface area contributed by atoms with Crippen molar-refractivity contribution in [2.75, 3.05) is 27.4 Å². The fourth-order valence-electron chi connectivity index (χ4n) is 7.49. The van der Waals surface area contributed by atoms with Gasteiger partial charge in [0.2, 0.25) is 0 Å². The van der Waals surface area contributed by atoms with E-state index in [9.17, 15) is 13.2 Å². The molecular weight excluding hydrogens is 785 g/mol. The van der Waals surface area contributed by atoms with Gasteiger partial charge in [-0.05, 0) is 90.9 Å². The number of nitrogens with zero attached hydrogens (tertiary/aromatic N) is 4. The van der Waals surface area contributed by atoms with Crippen LogP contribution in [0.2, 0.25) is 0 Å². The van der Waals surface area contributed by atoms with E-state index >= 15 is 0 Å². The molecule has 1 aliphatic rings. The predicted molar refractivity (Wildman–Crippen MR) is 226 cm³/mol. The number of unbranched alkanes of at least 4 members (excludes halogenated alkanes) is 1. The second kappa shape index (κ2) is 19.4. The van der Waals surface area contributed by atoms with Gasteiger partial charge < -0.3 is 27.9 Å². The number of rotatable bonds is 19. The number of hydrogen-bond donors (Lipinski definition) is 0. The van der Waals surface area contributed by atoms with E-state index in [1.54, 1.807) is 25.1 Å². The van der Waals surface area contributed by atoms with Gasteiger partial charge >= 0.3 is 16.3 Å². The van der Waals surface area contributed by atoms with E-state index in [0.717, 1.165) is 46.1 Å². The van der Waals surface area contributed by atoms with Gasteiger partial charge in [0.25, 0.3) is 0 Å². The van der Waals surface area contributed by atoms with Crippen molar-refractivity contribution >= 4 is 27.3 Å². The zero-order valence-corrected chi connectivity index (χ0v) is 35.2. The van der Waals surface area contributed by atoms with Gasteiger partial charge in [-0.1, -0.05) is 71.9 Å². The summed E-state index contributed by atoms with van der Waals surface area (Å²) < 4.78 is 65.0. The van der Waals surface area contributed by atoms with E-state index in [4.69, 9.17) is 27.9 Å². The average Bonchev–Trinajstić information content (AvgIpc) is 3.68. The van der Waals surface area contributed by atoms with Crippen molar-refractivity contribution in [3.05, 3.63) is 142 Å². The first-order valence-electron chi connectivity index (χ1n) is 20.0. The Balaban J connectivity index is 1.14. The molecule has 7 rings (SSSR count). The molecule has 2 heterocycles. The number of aromatic nitrogens is 3. The lowest BCUT2D eigenvalue weighted by Gasteiger charge is -2.29. The van der Waals surface area contributed by atoms with Crippen molar-refractivity contribution in [1.29, 1.82) is 0 Å². The van der Waals surface area contributed by atoms with Crippen LogP contribution in [0, 0.1) is 6.92 Å². The summed E-state index contributed by atoms with van der Waals surface area (Å²) in [5.74, 6) is 0.659. The molecule has 314 valence electrons. The van der Waals surface area contributed by atoms with Crippen LogP contribution in [0.4, 0.5) is 0 Å². The van der Waals surface area contributed by atoms with Crippen LogP contribution in [0.15, 0.2) is 103 Å². The molecule has 0 amide bonds. The van der Waals surface area contributed by atoms with Gasteiger partial charge in [-0.3, -0.25) is 4.79 Å². The summed E-state index contributed by atoms with van der Waals surface area (Å²) in [6, 6.07) is 32.6. The number of hydrogen-bond acceptors (Lipinski definition) is 11. The number of benzene rings is 5. The molecule has 1 atom stereocenters. The molecule has 1 aliphatic heterocycles. The molecular formula is C46H50N4O9S. The highest BCUT2D eigenvalue weighted by Gasteiger charge is 2.34. The van der Waals surface area contributed by atoms with Gasteiger partial charge in [-0.2, -0.15) is 12.7 Å². The van der Waals surface area contributed by atoms with Gasteiger partial charge in [0.15, 0.2) is 11.5 Å². The number of ether oxygens (including phenoxy) is 5. The molecule has 6 aromatic rings. The van der Waals surface area contributed by atoms with Crippen molar-refractivity contribution in [1.82, 2.24) is 19.3 Å². The van der Waals surface area contributed by atoms with Gasteiger partial charge in [-0.15, -0.1) is 5.10 Å². The van der Waals surface area contributed by atoms with Crippen LogP contribution in [0.1, 0.15) is 71.0 Å². The molecule has 0 bridgehead atoms. The lowest BCUT2D eigenvalue weighted by molar-refractivity contribution is -0.143. The summed E-state index contributed by atoms with van der Waals surface area (Å²) >= 11 is 0. The molecule has 0 N–H and O–H groups in total. The lowest BCUT2D eigenvalue weighted by atomic mass is 9.84. The molecule has 0 fully saturated rings. The fourth-order valence-corrected chi connectivity index (χ4v) is 8.58. The van der Waals surface area contributed by atoms with E-state index in [2.05, 4.69) is 22.4 Å². The topological polar surface area (TPSA) is 141 Å². The largest absolute Gasteiger partial charge is 0.493 e. The first-order chi connectivity index (χ1) is 29.2. The standard InChI is InChI=1S/C46H50N4O9S/c1-5-57-44(51)27-40(39-19-20-41-45(32(39)2)47-48-50(41)22-12-13-23-56-30-33-14-8-6-9-15-33)35-24-37(46(55-4)43(26-35)54-3)29-49-28-36-25-38(18-21-42(36)59-60(49,52)53)58-31-34-16-10-7-11-17-34/h6-11,14-21,24-26,40H,5,12-13,22-23,27-31H2,1-4H3. The maximum Gasteiger partial charge on any atom is 0.385 e. The van der Waals surface area contributed by atoms with Gasteiger partial charge in [0, 0.05) is 43.3 Å². The minimum absolute atomic E-state index is 0.0104. The summed E-state index contributed by atoms with van der Waals surface area (Å²) in [6.45, 7) is 6.12. The third kappa shape index (κ3) is 9.90. The summed E-state index contributed by atoms with van der Waals surface area (Å²) in [4.78, 5) is 13.3. The lowest BCUT2D eigenvalue weighted by Crippen LogP contribution is -2.37. The zero-order chi connectivity index (χ0) is 42.1. The number of carbonyl (C=O) groups is 1. The van der Waals surface area contributed by atoms with Crippen LogP contribution >= 0.6 is 0 Å². The van der Waals surface area contributed by atoms with Crippen molar-refractivity contribution in [2.24, 2.45) is 0 Å². The quantitative estimate of drug-likeness (QED) is 0.0578. The smallest absolute Gasteiger partial charge is 0.385 e. The highest BCUT2D eigenvalue weighted by atomic mass is 32.2. The second-order valence-electron chi connectivity index (χ2n) is 14.5. The Kier molecular flexibility index (Phi) is 13.6.